The number of rotatable bonds is 2. The Labute approximate surface area is 92.3 Å². The van der Waals surface area contributed by atoms with Crippen LogP contribution in [0.1, 0.15) is 30.9 Å². The van der Waals surface area contributed by atoms with Gasteiger partial charge in [-0.15, -0.1) is 0 Å². The molecule has 0 bridgehead atoms. The second-order valence-electron chi connectivity index (χ2n) is 4.36. The number of piperidine rings is 1. The topological polar surface area (TPSA) is 15.3 Å². The van der Waals surface area contributed by atoms with Crippen molar-refractivity contribution in [2.24, 2.45) is 0 Å². The van der Waals surface area contributed by atoms with Gasteiger partial charge in [0.05, 0.1) is 0 Å². The van der Waals surface area contributed by atoms with Gasteiger partial charge in [0.1, 0.15) is 0 Å². The second kappa shape index (κ2) is 4.67. The molecular weight excluding hydrogens is 184 g/mol. The summed E-state index contributed by atoms with van der Waals surface area (Å²) in [5, 5.41) is 3.15. The van der Waals surface area contributed by atoms with Crippen LogP contribution in [-0.2, 0) is 0 Å². The number of anilines is 1. The number of nitrogens with zero attached hydrogens (tertiary/aromatic N) is 1. The van der Waals surface area contributed by atoms with Crippen LogP contribution < -0.4 is 5.32 Å². The molecule has 1 saturated heterocycles. The highest BCUT2D eigenvalue weighted by Gasteiger charge is 2.19. The SMILES string of the molecule is CNc1ccc([C@@H]2CCCCN2C)cc1. The summed E-state index contributed by atoms with van der Waals surface area (Å²) < 4.78 is 0. The first-order valence-corrected chi connectivity index (χ1v) is 5.79. The van der Waals surface area contributed by atoms with Gasteiger partial charge in [-0.3, -0.25) is 4.90 Å². The molecule has 0 aromatic heterocycles. The van der Waals surface area contributed by atoms with Crippen molar-refractivity contribution >= 4 is 5.69 Å². The van der Waals surface area contributed by atoms with E-state index in [1.165, 1.54) is 37.1 Å². The van der Waals surface area contributed by atoms with Gasteiger partial charge >= 0.3 is 0 Å². The van der Waals surface area contributed by atoms with Gasteiger partial charge in [0.2, 0.25) is 0 Å². The monoisotopic (exact) mass is 204 g/mol. The average molecular weight is 204 g/mol. The third-order valence-corrected chi connectivity index (χ3v) is 3.35. The Kier molecular flexibility index (Phi) is 3.27. The summed E-state index contributed by atoms with van der Waals surface area (Å²) in [7, 11) is 4.19. The van der Waals surface area contributed by atoms with Gasteiger partial charge in [0.15, 0.2) is 0 Å². The molecule has 0 unspecified atom stereocenters. The highest BCUT2D eigenvalue weighted by atomic mass is 15.1. The van der Waals surface area contributed by atoms with Crippen molar-refractivity contribution in [1.29, 1.82) is 0 Å². The molecule has 0 aliphatic carbocycles. The first-order valence-electron chi connectivity index (χ1n) is 5.79. The second-order valence-corrected chi connectivity index (χ2v) is 4.36. The Hall–Kier alpha value is -1.02. The first kappa shape index (κ1) is 10.5. The molecule has 1 aliphatic heterocycles. The van der Waals surface area contributed by atoms with Crippen molar-refractivity contribution in [2.75, 3.05) is 26.0 Å². The van der Waals surface area contributed by atoms with Gasteiger partial charge in [-0.1, -0.05) is 18.6 Å². The largest absolute Gasteiger partial charge is 0.388 e. The minimum Gasteiger partial charge on any atom is -0.388 e. The molecule has 2 heteroatoms. The molecule has 0 saturated carbocycles. The minimum atomic E-state index is 0.629. The van der Waals surface area contributed by atoms with Crippen LogP contribution in [0.4, 0.5) is 5.69 Å². The molecule has 0 spiro atoms. The summed E-state index contributed by atoms with van der Waals surface area (Å²) in [6, 6.07) is 9.45. The van der Waals surface area contributed by atoms with E-state index in [1.807, 2.05) is 7.05 Å². The molecule has 1 aliphatic rings. The zero-order valence-corrected chi connectivity index (χ0v) is 9.66. The number of hydrogen-bond donors (Lipinski definition) is 1. The molecule has 1 aromatic rings. The maximum Gasteiger partial charge on any atom is 0.0345 e. The third-order valence-electron chi connectivity index (χ3n) is 3.35. The summed E-state index contributed by atoms with van der Waals surface area (Å²) in [5.41, 5.74) is 2.65. The van der Waals surface area contributed by atoms with Crippen molar-refractivity contribution in [2.45, 2.75) is 25.3 Å². The highest BCUT2D eigenvalue weighted by molar-refractivity contribution is 5.44. The first-order chi connectivity index (χ1) is 7.31. The Morgan fingerprint density at radius 2 is 1.93 bits per heavy atom. The molecule has 82 valence electrons. The van der Waals surface area contributed by atoms with Gasteiger partial charge in [-0.05, 0) is 44.1 Å². The maximum atomic E-state index is 3.15. The van der Waals surface area contributed by atoms with Crippen LogP contribution in [0.5, 0.6) is 0 Å². The predicted molar refractivity (Wildman–Crippen MR) is 65.2 cm³/mol. The maximum absolute atomic E-state index is 3.15. The van der Waals surface area contributed by atoms with Gasteiger partial charge in [-0.25, -0.2) is 0 Å². The molecule has 2 nitrogen and oxygen atoms in total. The van der Waals surface area contributed by atoms with E-state index < -0.39 is 0 Å². The molecule has 0 radical (unpaired) electrons. The zero-order chi connectivity index (χ0) is 10.7. The third kappa shape index (κ3) is 2.32. The summed E-state index contributed by atoms with van der Waals surface area (Å²) in [4.78, 5) is 2.47. The standard InChI is InChI=1S/C13H20N2/c1-14-12-8-6-11(7-9-12)13-5-3-4-10-15(13)2/h6-9,13-14H,3-5,10H2,1-2H3/t13-/m0/s1. The highest BCUT2D eigenvalue weighted by Crippen LogP contribution is 2.29. The Morgan fingerprint density at radius 3 is 2.53 bits per heavy atom. The van der Waals surface area contributed by atoms with E-state index in [2.05, 4.69) is 41.5 Å². The van der Waals surface area contributed by atoms with E-state index in [4.69, 9.17) is 0 Å². The Morgan fingerprint density at radius 1 is 1.20 bits per heavy atom. The number of benzene rings is 1. The molecular formula is C13H20N2. The molecule has 1 N–H and O–H groups in total. The van der Waals surface area contributed by atoms with Gasteiger partial charge in [0.25, 0.3) is 0 Å². The normalized spacial score (nSPS) is 22.7. The molecule has 15 heavy (non-hydrogen) atoms. The predicted octanol–water partition coefficient (Wildman–Crippen LogP) is 2.89. The smallest absolute Gasteiger partial charge is 0.0345 e. The lowest BCUT2D eigenvalue weighted by Crippen LogP contribution is -2.29. The van der Waals surface area contributed by atoms with E-state index in [9.17, 15) is 0 Å². The van der Waals surface area contributed by atoms with Crippen molar-refractivity contribution < 1.29 is 0 Å². The molecule has 0 amide bonds. The van der Waals surface area contributed by atoms with E-state index in [-0.39, 0.29) is 0 Å². The molecule has 1 aromatic carbocycles. The lowest BCUT2D eigenvalue weighted by Gasteiger charge is -2.32. The molecule has 1 fully saturated rings. The fourth-order valence-electron chi connectivity index (χ4n) is 2.37. The number of likely N-dealkylation sites (tertiary alicyclic amines) is 1. The summed E-state index contributed by atoms with van der Waals surface area (Å²) in [6.45, 7) is 1.23. The number of hydrogen-bond acceptors (Lipinski definition) is 2. The number of nitrogens with one attached hydrogen (secondary N) is 1. The van der Waals surface area contributed by atoms with E-state index >= 15 is 0 Å². The summed E-state index contributed by atoms with van der Waals surface area (Å²) >= 11 is 0. The summed E-state index contributed by atoms with van der Waals surface area (Å²) in [6.07, 6.45) is 4.01. The fraction of sp³-hybridized carbons (Fsp3) is 0.538. The van der Waals surface area contributed by atoms with Crippen LogP contribution >= 0.6 is 0 Å². The molecule has 2 rings (SSSR count). The van der Waals surface area contributed by atoms with Gasteiger partial charge in [-0.2, -0.15) is 0 Å². The Bertz CT molecular complexity index is 305. The van der Waals surface area contributed by atoms with Crippen LogP contribution in [0.15, 0.2) is 24.3 Å². The zero-order valence-electron chi connectivity index (χ0n) is 9.66. The Balaban J connectivity index is 2.13. The van der Waals surface area contributed by atoms with E-state index in [0.29, 0.717) is 6.04 Å². The van der Waals surface area contributed by atoms with E-state index in [0.717, 1.165) is 0 Å². The lowest BCUT2D eigenvalue weighted by molar-refractivity contribution is 0.187. The van der Waals surface area contributed by atoms with Crippen molar-refractivity contribution in [1.82, 2.24) is 4.90 Å². The minimum absolute atomic E-state index is 0.629. The average Bonchev–Trinajstić information content (AvgIpc) is 2.30. The van der Waals surface area contributed by atoms with E-state index in [1.54, 1.807) is 0 Å². The quantitative estimate of drug-likeness (QED) is 0.797. The molecule has 1 heterocycles. The van der Waals surface area contributed by atoms with Crippen molar-refractivity contribution in [3.05, 3.63) is 29.8 Å². The van der Waals surface area contributed by atoms with Crippen LogP contribution in [0.3, 0.4) is 0 Å². The molecule has 1 atom stereocenters. The van der Waals surface area contributed by atoms with Crippen molar-refractivity contribution in [3.63, 3.8) is 0 Å². The fourth-order valence-corrected chi connectivity index (χ4v) is 2.37. The van der Waals surface area contributed by atoms with Gasteiger partial charge < -0.3 is 5.32 Å². The van der Waals surface area contributed by atoms with Crippen LogP contribution in [0.2, 0.25) is 0 Å². The van der Waals surface area contributed by atoms with Crippen molar-refractivity contribution in [3.8, 4) is 0 Å². The lowest BCUT2D eigenvalue weighted by atomic mass is 9.96. The van der Waals surface area contributed by atoms with Crippen LogP contribution in [0.25, 0.3) is 0 Å². The van der Waals surface area contributed by atoms with Gasteiger partial charge in [0, 0.05) is 18.8 Å². The van der Waals surface area contributed by atoms with Crippen LogP contribution in [-0.4, -0.2) is 25.5 Å². The summed E-state index contributed by atoms with van der Waals surface area (Å²) in [5.74, 6) is 0. The van der Waals surface area contributed by atoms with Crippen LogP contribution in [0, 0.1) is 0 Å².